The maximum Gasteiger partial charge on any atom is 0.337 e. The van der Waals surface area contributed by atoms with E-state index in [1.807, 2.05) is 25.1 Å². The molecule has 0 radical (unpaired) electrons. The van der Waals surface area contributed by atoms with Crippen molar-refractivity contribution in [3.05, 3.63) is 59.2 Å². The minimum Gasteiger partial charge on any atom is -0.494 e. The molecular formula is C23H25NO3. The van der Waals surface area contributed by atoms with Gasteiger partial charge in [-0.25, -0.2) is 4.79 Å². The molecule has 4 nitrogen and oxygen atoms in total. The van der Waals surface area contributed by atoms with Crippen LogP contribution in [0.3, 0.4) is 0 Å². The summed E-state index contributed by atoms with van der Waals surface area (Å²) >= 11 is 0. The third-order valence-electron chi connectivity index (χ3n) is 6.90. The molecule has 3 aliphatic rings. The molecule has 140 valence electrons. The fourth-order valence-electron chi connectivity index (χ4n) is 5.96. The van der Waals surface area contributed by atoms with Gasteiger partial charge in [0.05, 0.1) is 23.9 Å². The molecule has 1 heterocycles. The van der Waals surface area contributed by atoms with Crippen molar-refractivity contribution in [2.24, 2.45) is 17.8 Å². The number of hydrogen-bond donors (Lipinski definition) is 2. The van der Waals surface area contributed by atoms with E-state index in [1.54, 1.807) is 6.07 Å². The number of para-hydroxylation sites is 1. The lowest BCUT2D eigenvalue weighted by atomic mass is 9.67. The van der Waals surface area contributed by atoms with Gasteiger partial charge in [-0.2, -0.15) is 0 Å². The van der Waals surface area contributed by atoms with Crippen molar-refractivity contribution < 1.29 is 14.6 Å². The molecule has 2 aromatic rings. The zero-order valence-electron chi connectivity index (χ0n) is 15.5. The fourth-order valence-corrected chi connectivity index (χ4v) is 5.96. The molecule has 0 amide bonds. The van der Waals surface area contributed by atoms with Crippen LogP contribution in [0.4, 0.5) is 5.69 Å². The smallest absolute Gasteiger partial charge is 0.337 e. The van der Waals surface area contributed by atoms with Gasteiger partial charge in [0, 0.05) is 0 Å². The Morgan fingerprint density at radius 2 is 1.93 bits per heavy atom. The van der Waals surface area contributed by atoms with Gasteiger partial charge in [0.1, 0.15) is 5.75 Å². The third kappa shape index (κ3) is 2.53. The largest absolute Gasteiger partial charge is 0.494 e. The van der Waals surface area contributed by atoms with Gasteiger partial charge in [0.15, 0.2) is 0 Å². The van der Waals surface area contributed by atoms with E-state index in [1.165, 1.54) is 30.4 Å². The normalized spacial score (nSPS) is 30.3. The first-order chi connectivity index (χ1) is 13.2. The molecule has 0 saturated heterocycles. The van der Waals surface area contributed by atoms with Gasteiger partial charge in [-0.05, 0) is 79.2 Å². The zero-order valence-corrected chi connectivity index (χ0v) is 15.5. The third-order valence-corrected chi connectivity index (χ3v) is 6.90. The molecule has 2 bridgehead atoms. The van der Waals surface area contributed by atoms with Crippen molar-refractivity contribution in [1.29, 1.82) is 0 Å². The topological polar surface area (TPSA) is 58.6 Å². The number of carboxylic acids is 1. The van der Waals surface area contributed by atoms with E-state index in [2.05, 4.69) is 23.5 Å². The second-order valence-corrected chi connectivity index (χ2v) is 8.14. The monoisotopic (exact) mass is 363 g/mol. The number of aromatic carboxylic acids is 1. The zero-order chi connectivity index (χ0) is 18.5. The summed E-state index contributed by atoms with van der Waals surface area (Å²) in [6.45, 7) is 2.64. The van der Waals surface area contributed by atoms with E-state index >= 15 is 0 Å². The number of ether oxygens (including phenoxy) is 1. The van der Waals surface area contributed by atoms with Crippen LogP contribution in [0.2, 0.25) is 0 Å². The molecule has 0 unspecified atom stereocenters. The van der Waals surface area contributed by atoms with Crippen molar-refractivity contribution in [3.8, 4) is 5.75 Å². The highest BCUT2D eigenvalue weighted by molar-refractivity contribution is 5.95. The first-order valence-corrected chi connectivity index (χ1v) is 10.0. The molecule has 27 heavy (non-hydrogen) atoms. The fraction of sp³-hybridized carbons (Fsp3) is 0.435. The van der Waals surface area contributed by atoms with E-state index in [0.717, 1.165) is 17.4 Å². The van der Waals surface area contributed by atoms with Gasteiger partial charge in [-0.1, -0.05) is 24.3 Å². The summed E-state index contributed by atoms with van der Waals surface area (Å²) < 4.78 is 5.59. The van der Waals surface area contributed by atoms with Crippen LogP contribution in [0, 0.1) is 17.8 Å². The second kappa shape index (κ2) is 6.29. The molecule has 2 aliphatic carbocycles. The van der Waals surface area contributed by atoms with Crippen LogP contribution >= 0.6 is 0 Å². The lowest BCUT2D eigenvalue weighted by Crippen LogP contribution is -2.36. The van der Waals surface area contributed by atoms with Gasteiger partial charge in [0.25, 0.3) is 0 Å². The predicted octanol–water partition coefficient (Wildman–Crippen LogP) is 5.08. The Hall–Kier alpha value is -2.49. The van der Waals surface area contributed by atoms with Gasteiger partial charge >= 0.3 is 5.97 Å². The van der Waals surface area contributed by atoms with Crippen molar-refractivity contribution in [2.45, 2.75) is 38.1 Å². The molecular weight excluding hydrogens is 338 g/mol. The van der Waals surface area contributed by atoms with Crippen LogP contribution in [-0.4, -0.2) is 17.7 Å². The molecule has 4 heteroatoms. The van der Waals surface area contributed by atoms with Crippen LogP contribution in [0.25, 0.3) is 0 Å². The first kappa shape index (κ1) is 16.7. The highest BCUT2D eigenvalue weighted by Crippen LogP contribution is 2.64. The average molecular weight is 363 g/mol. The summed E-state index contributed by atoms with van der Waals surface area (Å²) in [5, 5.41) is 13.4. The Labute approximate surface area is 159 Å². The number of carboxylic acid groups (broad SMARTS) is 1. The molecule has 0 aromatic heterocycles. The minimum absolute atomic E-state index is 0.161. The van der Waals surface area contributed by atoms with Crippen LogP contribution in [0.5, 0.6) is 5.75 Å². The molecule has 2 saturated carbocycles. The van der Waals surface area contributed by atoms with E-state index in [9.17, 15) is 9.90 Å². The number of rotatable bonds is 4. The maximum atomic E-state index is 11.8. The molecule has 5 atom stereocenters. The minimum atomic E-state index is -0.855. The predicted molar refractivity (Wildman–Crippen MR) is 104 cm³/mol. The molecule has 2 N–H and O–H groups in total. The summed E-state index contributed by atoms with van der Waals surface area (Å²) in [6.07, 6.45) is 3.86. The van der Waals surface area contributed by atoms with Crippen molar-refractivity contribution in [3.63, 3.8) is 0 Å². The Morgan fingerprint density at radius 3 is 2.67 bits per heavy atom. The highest BCUT2D eigenvalue weighted by atomic mass is 16.5. The summed E-state index contributed by atoms with van der Waals surface area (Å²) in [5.74, 6) is 2.45. The lowest BCUT2D eigenvalue weighted by Gasteiger charge is -2.44. The Morgan fingerprint density at radius 1 is 1.15 bits per heavy atom. The summed E-state index contributed by atoms with van der Waals surface area (Å²) in [7, 11) is 0. The van der Waals surface area contributed by atoms with E-state index in [4.69, 9.17) is 4.74 Å². The molecule has 2 fully saturated rings. The molecule has 2 aromatic carbocycles. The number of benzene rings is 2. The first-order valence-electron chi connectivity index (χ1n) is 10.0. The quantitative estimate of drug-likeness (QED) is 0.795. The van der Waals surface area contributed by atoms with Crippen LogP contribution in [0.15, 0.2) is 42.5 Å². The maximum absolute atomic E-state index is 11.8. The van der Waals surface area contributed by atoms with E-state index in [-0.39, 0.29) is 6.04 Å². The molecule has 5 rings (SSSR count). The van der Waals surface area contributed by atoms with Crippen molar-refractivity contribution >= 4 is 11.7 Å². The van der Waals surface area contributed by atoms with Crippen molar-refractivity contribution in [2.75, 3.05) is 11.9 Å². The van der Waals surface area contributed by atoms with Gasteiger partial charge in [0.2, 0.25) is 0 Å². The Bertz CT molecular complexity index is 876. The number of carbonyl (C=O) groups is 1. The summed E-state index contributed by atoms with van der Waals surface area (Å²) in [5.41, 5.74) is 3.67. The molecule has 0 spiro atoms. The number of nitrogens with one attached hydrogen (secondary N) is 1. The van der Waals surface area contributed by atoms with Crippen LogP contribution < -0.4 is 10.1 Å². The molecule has 1 aliphatic heterocycles. The standard InChI is InChI=1S/C23H25NO3/c1-2-27-16-10-8-13(9-11-16)21-20-15-7-6-14(12-15)19(20)17-4-3-5-18(23(25)26)22(17)24-21/h3-5,8-11,14-15,19-21,24H,2,6-7,12H2,1H3,(H,25,26)/t14-,15-,19-,20+,21-/m0/s1. The van der Waals surface area contributed by atoms with E-state index < -0.39 is 5.97 Å². The number of anilines is 1. The summed E-state index contributed by atoms with van der Waals surface area (Å²) in [4.78, 5) is 11.8. The second-order valence-electron chi connectivity index (χ2n) is 8.14. The SMILES string of the molecule is CCOc1ccc([C@@H]2Nc3c(C(=O)O)cccc3[C@@H]3[C@H]4CC[C@@H](C4)[C@H]32)cc1. The van der Waals surface area contributed by atoms with Crippen LogP contribution in [0.1, 0.15) is 59.6 Å². The Balaban J connectivity index is 1.59. The van der Waals surface area contributed by atoms with Gasteiger partial charge < -0.3 is 15.2 Å². The highest BCUT2D eigenvalue weighted by Gasteiger charge is 2.54. The Kier molecular flexibility index (Phi) is 3.88. The number of fused-ring (bicyclic) bond motifs is 7. The van der Waals surface area contributed by atoms with Gasteiger partial charge in [-0.15, -0.1) is 0 Å². The number of hydrogen-bond acceptors (Lipinski definition) is 3. The van der Waals surface area contributed by atoms with E-state index in [0.29, 0.717) is 29.9 Å². The van der Waals surface area contributed by atoms with Crippen molar-refractivity contribution in [1.82, 2.24) is 0 Å². The van der Waals surface area contributed by atoms with Crippen LogP contribution in [-0.2, 0) is 0 Å². The lowest BCUT2D eigenvalue weighted by molar-refractivity contribution is 0.0697. The summed E-state index contributed by atoms with van der Waals surface area (Å²) in [6, 6.07) is 14.3. The average Bonchev–Trinajstić information content (AvgIpc) is 3.30. The van der Waals surface area contributed by atoms with Gasteiger partial charge in [-0.3, -0.25) is 0 Å².